The van der Waals surface area contributed by atoms with Crippen LogP contribution < -0.4 is 10.7 Å². The highest BCUT2D eigenvalue weighted by Crippen LogP contribution is 2.28. The lowest BCUT2D eigenvalue weighted by Crippen LogP contribution is -2.02. The van der Waals surface area contributed by atoms with Crippen molar-refractivity contribution in [2.75, 3.05) is 5.32 Å². The smallest absolute Gasteiger partial charge is 0.191 e. The van der Waals surface area contributed by atoms with Gasteiger partial charge in [0.2, 0.25) is 0 Å². The Labute approximate surface area is 126 Å². The molecule has 2 heterocycles. The van der Waals surface area contributed by atoms with E-state index in [0.29, 0.717) is 10.9 Å². The van der Waals surface area contributed by atoms with Crippen molar-refractivity contribution in [3.8, 4) is 0 Å². The average molecular weight is 287 g/mol. The monoisotopic (exact) mass is 287 g/mol. The molecule has 0 aliphatic rings. The third-order valence-corrected chi connectivity index (χ3v) is 3.69. The quantitative estimate of drug-likeness (QED) is 0.551. The summed E-state index contributed by atoms with van der Waals surface area (Å²) in [7, 11) is 0. The van der Waals surface area contributed by atoms with Gasteiger partial charge in [0.05, 0.1) is 16.4 Å². The molecule has 0 fully saturated rings. The molecular formula is C18H13N3O. The fraction of sp³-hybridized carbons (Fsp3) is 0. The topological polar surface area (TPSA) is 57.8 Å². The van der Waals surface area contributed by atoms with Crippen molar-refractivity contribution in [2.24, 2.45) is 0 Å². The number of nitrogens with zero attached hydrogens (tertiary/aromatic N) is 1. The van der Waals surface area contributed by atoms with Crippen molar-refractivity contribution >= 4 is 33.2 Å². The van der Waals surface area contributed by atoms with Crippen LogP contribution in [0.3, 0.4) is 0 Å². The van der Waals surface area contributed by atoms with Gasteiger partial charge in [0.25, 0.3) is 0 Å². The van der Waals surface area contributed by atoms with Gasteiger partial charge >= 0.3 is 0 Å². The van der Waals surface area contributed by atoms with Crippen molar-refractivity contribution in [2.45, 2.75) is 0 Å². The predicted molar refractivity (Wildman–Crippen MR) is 89.6 cm³/mol. The zero-order chi connectivity index (χ0) is 14.9. The van der Waals surface area contributed by atoms with Crippen molar-refractivity contribution in [3.63, 3.8) is 0 Å². The van der Waals surface area contributed by atoms with Crippen molar-refractivity contribution in [1.29, 1.82) is 0 Å². The number of aromatic amines is 1. The Balaban J connectivity index is 1.98. The second kappa shape index (κ2) is 5.00. The van der Waals surface area contributed by atoms with E-state index in [1.807, 2.05) is 48.5 Å². The molecule has 2 N–H and O–H groups in total. The first kappa shape index (κ1) is 12.6. The number of nitrogens with one attached hydrogen (secondary N) is 2. The molecule has 22 heavy (non-hydrogen) atoms. The molecular weight excluding hydrogens is 274 g/mol. The molecule has 2 aromatic heterocycles. The maximum atomic E-state index is 12.2. The van der Waals surface area contributed by atoms with E-state index >= 15 is 0 Å². The van der Waals surface area contributed by atoms with Gasteiger partial charge in [0.15, 0.2) is 5.43 Å². The summed E-state index contributed by atoms with van der Waals surface area (Å²) in [6.45, 7) is 0. The van der Waals surface area contributed by atoms with E-state index in [1.54, 1.807) is 12.4 Å². The van der Waals surface area contributed by atoms with E-state index < -0.39 is 0 Å². The van der Waals surface area contributed by atoms with Crippen molar-refractivity contribution in [3.05, 3.63) is 77.2 Å². The summed E-state index contributed by atoms with van der Waals surface area (Å²) in [4.78, 5) is 19.7. The first-order valence-corrected chi connectivity index (χ1v) is 7.04. The maximum absolute atomic E-state index is 12.2. The molecule has 0 aliphatic heterocycles. The Morgan fingerprint density at radius 3 is 2.68 bits per heavy atom. The van der Waals surface area contributed by atoms with E-state index in [9.17, 15) is 4.79 Å². The molecule has 0 aliphatic carbocycles. The summed E-state index contributed by atoms with van der Waals surface area (Å²) in [6.07, 6.45) is 3.38. The number of hydrogen-bond acceptors (Lipinski definition) is 3. The summed E-state index contributed by atoms with van der Waals surface area (Å²) < 4.78 is 0. The maximum Gasteiger partial charge on any atom is 0.191 e. The largest absolute Gasteiger partial charge is 0.361 e. The third-order valence-electron chi connectivity index (χ3n) is 3.69. The lowest BCUT2D eigenvalue weighted by molar-refractivity contribution is 1.37. The zero-order valence-corrected chi connectivity index (χ0v) is 11.7. The standard InChI is InChI=1S/C18H13N3O/c22-16-9-11-19-15-7-6-13-14(8-10-20-18(13)17(15)16)21-12-4-2-1-3-5-12/h1-11H,(H,19,22)(H,20,21). The van der Waals surface area contributed by atoms with Crippen LogP contribution in [0.1, 0.15) is 0 Å². The van der Waals surface area contributed by atoms with Crippen LogP contribution in [0.15, 0.2) is 71.8 Å². The molecule has 0 saturated carbocycles. The van der Waals surface area contributed by atoms with Gasteiger partial charge in [0.1, 0.15) is 0 Å². The van der Waals surface area contributed by atoms with Crippen LogP contribution in [0.2, 0.25) is 0 Å². The van der Waals surface area contributed by atoms with Crippen LogP contribution in [0.5, 0.6) is 0 Å². The molecule has 0 saturated heterocycles. The Morgan fingerprint density at radius 2 is 1.82 bits per heavy atom. The van der Waals surface area contributed by atoms with Crippen LogP contribution in [0.25, 0.3) is 21.8 Å². The molecule has 4 aromatic rings. The number of hydrogen-bond donors (Lipinski definition) is 2. The summed E-state index contributed by atoms with van der Waals surface area (Å²) in [5, 5.41) is 4.93. The van der Waals surface area contributed by atoms with Gasteiger partial charge in [-0.15, -0.1) is 0 Å². The minimum absolute atomic E-state index is 0.0243. The highest BCUT2D eigenvalue weighted by atomic mass is 16.1. The lowest BCUT2D eigenvalue weighted by Gasteiger charge is -2.10. The van der Waals surface area contributed by atoms with Crippen molar-refractivity contribution < 1.29 is 0 Å². The van der Waals surface area contributed by atoms with Crippen LogP contribution in [-0.2, 0) is 0 Å². The molecule has 0 spiro atoms. The molecule has 4 nitrogen and oxygen atoms in total. The molecule has 4 heteroatoms. The number of rotatable bonds is 2. The highest BCUT2D eigenvalue weighted by Gasteiger charge is 2.08. The fourth-order valence-corrected chi connectivity index (χ4v) is 2.66. The van der Waals surface area contributed by atoms with Crippen LogP contribution in [-0.4, -0.2) is 9.97 Å². The van der Waals surface area contributed by atoms with Gasteiger partial charge in [-0.25, -0.2) is 0 Å². The lowest BCUT2D eigenvalue weighted by atomic mass is 10.1. The second-order valence-corrected chi connectivity index (χ2v) is 5.08. The van der Waals surface area contributed by atoms with E-state index in [2.05, 4.69) is 15.3 Å². The van der Waals surface area contributed by atoms with E-state index in [0.717, 1.165) is 22.3 Å². The number of anilines is 2. The average Bonchev–Trinajstić information content (AvgIpc) is 2.56. The Hall–Kier alpha value is -3.14. The minimum Gasteiger partial charge on any atom is -0.361 e. The molecule has 0 atom stereocenters. The third kappa shape index (κ3) is 2.02. The molecule has 0 bridgehead atoms. The second-order valence-electron chi connectivity index (χ2n) is 5.08. The summed E-state index contributed by atoms with van der Waals surface area (Å²) in [6, 6.07) is 17.3. The molecule has 0 radical (unpaired) electrons. The fourth-order valence-electron chi connectivity index (χ4n) is 2.66. The highest BCUT2D eigenvalue weighted by molar-refractivity contribution is 6.08. The number of pyridine rings is 2. The molecule has 0 amide bonds. The van der Waals surface area contributed by atoms with Crippen molar-refractivity contribution in [1.82, 2.24) is 9.97 Å². The summed E-state index contributed by atoms with van der Waals surface area (Å²) in [5.41, 5.74) is 3.41. The van der Waals surface area contributed by atoms with Crippen LogP contribution in [0.4, 0.5) is 11.4 Å². The van der Waals surface area contributed by atoms with Gasteiger partial charge in [-0.3, -0.25) is 9.78 Å². The number of H-pyrrole nitrogens is 1. The summed E-state index contributed by atoms with van der Waals surface area (Å²) in [5.74, 6) is 0. The zero-order valence-electron chi connectivity index (χ0n) is 11.7. The van der Waals surface area contributed by atoms with Gasteiger partial charge < -0.3 is 10.3 Å². The Kier molecular flexibility index (Phi) is 2.86. The Bertz CT molecular complexity index is 1020. The van der Waals surface area contributed by atoms with Crippen LogP contribution in [0, 0.1) is 0 Å². The van der Waals surface area contributed by atoms with Gasteiger partial charge in [-0.2, -0.15) is 0 Å². The van der Waals surface area contributed by atoms with Gasteiger partial charge in [-0.1, -0.05) is 18.2 Å². The number of aromatic nitrogens is 2. The molecule has 4 rings (SSSR count). The number of para-hydroxylation sites is 1. The molecule has 0 unspecified atom stereocenters. The van der Waals surface area contributed by atoms with E-state index in [4.69, 9.17) is 0 Å². The SMILES string of the molecule is O=c1cc[nH]c2ccc3c(Nc4ccccc4)ccnc3c12. The predicted octanol–water partition coefficient (Wildman–Crippen LogP) is 3.82. The van der Waals surface area contributed by atoms with Gasteiger partial charge in [0, 0.05) is 35.2 Å². The summed E-state index contributed by atoms with van der Waals surface area (Å²) >= 11 is 0. The first-order valence-electron chi connectivity index (χ1n) is 7.04. The first-order chi connectivity index (χ1) is 10.8. The number of benzene rings is 2. The number of fused-ring (bicyclic) bond motifs is 3. The van der Waals surface area contributed by atoms with E-state index in [1.165, 1.54) is 6.07 Å². The molecule has 2 aromatic carbocycles. The van der Waals surface area contributed by atoms with E-state index in [-0.39, 0.29) is 5.43 Å². The normalized spacial score (nSPS) is 10.9. The van der Waals surface area contributed by atoms with Crippen LogP contribution >= 0.6 is 0 Å². The Morgan fingerprint density at radius 1 is 0.955 bits per heavy atom. The van der Waals surface area contributed by atoms with Gasteiger partial charge in [-0.05, 0) is 30.3 Å². The minimum atomic E-state index is -0.0243. The molecule has 106 valence electrons.